The van der Waals surface area contributed by atoms with E-state index in [1.54, 1.807) is 75.0 Å². The van der Waals surface area contributed by atoms with Crippen LogP contribution < -0.4 is 45.0 Å². The molecule has 1 aliphatic carbocycles. The van der Waals surface area contributed by atoms with Gasteiger partial charge in [-0.3, -0.25) is 28.7 Å². The number of carbonyl (C=O) groups excluding carboxylic acids is 2. The Morgan fingerprint density at radius 2 is 1.40 bits per heavy atom. The van der Waals surface area contributed by atoms with Crippen LogP contribution in [-0.2, 0) is 22.7 Å². The van der Waals surface area contributed by atoms with Crippen LogP contribution in [0.5, 0.6) is 28.7 Å². The van der Waals surface area contributed by atoms with Gasteiger partial charge in [0.25, 0.3) is 17.0 Å². The number of halogens is 4. The molecule has 78 heavy (non-hydrogen) atoms. The van der Waals surface area contributed by atoms with Crippen LogP contribution in [-0.4, -0.2) is 70.4 Å². The summed E-state index contributed by atoms with van der Waals surface area (Å²) in [5.41, 5.74) is 4.29. The number of benzene rings is 4. The van der Waals surface area contributed by atoms with Gasteiger partial charge in [0.2, 0.25) is 5.91 Å². The van der Waals surface area contributed by atoms with Crippen LogP contribution >= 0.6 is 46.4 Å². The first-order chi connectivity index (χ1) is 37.7. The molecule has 0 bridgehead atoms. The topological polar surface area (TPSA) is 178 Å². The van der Waals surface area contributed by atoms with Crippen LogP contribution in [0.4, 0.5) is 11.4 Å². The molecule has 5 heterocycles. The third-order valence-corrected chi connectivity index (χ3v) is 15.4. The molecule has 4 aromatic heterocycles. The number of aryl methyl sites for hydroxylation is 1. The van der Waals surface area contributed by atoms with E-state index in [1.165, 1.54) is 27.4 Å². The van der Waals surface area contributed by atoms with Gasteiger partial charge >= 0.3 is 0 Å². The molecule has 0 unspecified atom stereocenters. The lowest BCUT2D eigenvalue weighted by atomic mass is 10.0. The van der Waals surface area contributed by atoms with Gasteiger partial charge in [0, 0.05) is 70.1 Å². The SMILES string of the molecule is C=CC(=O)Nc1ccc(COc2cc(OC)c(Cl)c(-c3cc4cnc(-c5ccc6c(c5)N(C(=O)C=C)CCO6)cc4n(CC)c3=O)c2Cl)cc1-c1ncc2cc(-c3c(Cl)c(OC)cc(OC)c3Cl)c(=O)n(C3CCCC3)c2n1. The first-order valence-corrected chi connectivity index (χ1v) is 26.3. The van der Waals surface area contributed by atoms with Crippen molar-refractivity contribution in [2.45, 2.75) is 51.8 Å². The zero-order chi connectivity index (χ0) is 55.1. The summed E-state index contributed by atoms with van der Waals surface area (Å²) in [6.45, 7) is 10.0. The van der Waals surface area contributed by atoms with Crippen molar-refractivity contribution in [2.75, 3.05) is 44.7 Å². The number of nitrogens with one attached hydrogen (secondary N) is 1. The Bertz CT molecular complexity index is 3900. The van der Waals surface area contributed by atoms with Gasteiger partial charge in [0.05, 0.1) is 81.7 Å². The minimum atomic E-state index is -0.477. The minimum Gasteiger partial charge on any atom is -0.495 e. The summed E-state index contributed by atoms with van der Waals surface area (Å²) in [7, 11) is 4.37. The number of hydrogen-bond donors (Lipinski definition) is 1. The fourth-order valence-electron chi connectivity index (χ4n) is 10.1. The lowest BCUT2D eigenvalue weighted by Gasteiger charge is -2.29. The molecule has 16 nitrogen and oxygen atoms in total. The Kier molecular flexibility index (Phi) is 15.2. The second-order valence-electron chi connectivity index (χ2n) is 18.3. The zero-order valence-electron chi connectivity index (χ0n) is 42.7. The van der Waals surface area contributed by atoms with Crippen LogP contribution in [0.15, 0.2) is 114 Å². The predicted molar refractivity (Wildman–Crippen MR) is 306 cm³/mol. The summed E-state index contributed by atoms with van der Waals surface area (Å²) < 4.78 is 32.4. The molecule has 2 aliphatic rings. The molecule has 4 aromatic carbocycles. The van der Waals surface area contributed by atoms with E-state index in [0.717, 1.165) is 31.8 Å². The highest BCUT2D eigenvalue weighted by molar-refractivity contribution is 6.42. The molecule has 0 radical (unpaired) electrons. The molecule has 1 N–H and O–H groups in total. The number of hydrogen-bond acceptors (Lipinski definition) is 12. The Labute approximate surface area is 467 Å². The minimum absolute atomic E-state index is 0.0477. The largest absolute Gasteiger partial charge is 0.495 e. The second kappa shape index (κ2) is 22.2. The van der Waals surface area contributed by atoms with E-state index in [1.807, 2.05) is 25.1 Å². The molecule has 0 saturated heterocycles. The lowest BCUT2D eigenvalue weighted by molar-refractivity contribution is -0.114. The van der Waals surface area contributed by atoms with E-state index >= 15 is 0 Å². The Balaban J connectivity index is 1.02. The van der Waals surface area contributed by atoms with Crippen molar-refractivity contribution < 1.29 is 33.3 Å². The van der Waals surface area contributed by atoms with Gasteiger partial charge in [-0.05, 0) is 86.0 Å². The lowest BCUT2D eigenvalue weighted by Crippen LogP contribution is -2.36. The molecule has 1 saturated carbocycles. The second-order valence-corrected chi connectivity index (χ2v) is 19.8. The van der Waals surface area contributed by atoms with Gasteiger partial charge in [-0.1, -0.05) is 78.5 Å². The fourth-order valence-corrected chi connectivity index (χ4v) is 11.5. The van der Waals surface area contributed by atoms with Crippen molar-refractivity contribution in [3.63, 3.8) is 0 Å². The van der Waals surface area contributed by atoms with Gasteiger partial charge in [-0.15, -0.1) is 0 Å². The van der Waals surface area contributed by atoms with Crippen LogP contribution in [0, 0.1) is 0 Å². The van der Waals surface area contributed by atoms with E-state index in [0.29, 0.717) is 74.6 Å². The molecular weight excluding hydrogens is 1080 g/mol. The van der Waals surface area contributed by atoms with Gasteiger partial charge in [0.1, 0.15) is 47.6 Å². The average molecular weight is 1130 g/mol. The Morgan fingerprint density at radius 1 is 0.756 bits per heavy atom. The summed E-state index contributed by atoms with van der Waals surface area (Å²) in [6, 6.07) is 18.7. The molecule has 398 valence electrons. The summed E-state index contributed by atoms with van der Waals surface area (Å²) in [5.74, 6) is 0.940. The van der Waals surface area contributed by atoms with Gasteiger partial charge in [0.15, 0.2) is 5.82 Å². The maximum Gasteiger partial charge on any atom is 0.260 e. The van der Waals surface area contributed by atoms with E-state index in [4.69, 9.17) is 85.0 Å². The van der Waals surface area contributed by atoms with Crippen molar-refractivity contribution in [1.82, 2.24) is 24.1 Å². The molecule has 0 atom stereocenters. The number of methoxy groups -OCH3 is 3. The quantitative estimate of drug-likeness (QED) is 0.0962. The molecule has 2 amide bonds. The van der Waals surface area contributed by atoms with E-state index in [-0.39, 0.29) is 107 Å². The maximum absolute atomic E-state index is 14.8. The van der Waals surface area contributed by atoms with Crippen molar-refractivity contribution in [2.24, 2.45) is 0 Å². The van der Waals surface area contributed by atoms with Crippen molar-refractivity contribution in [3.8, 4) is 73.6 Å². The summed E-state index contributed by atoms with van der Waals surface area (Å²) in [5, 5.41) is 4.43. The zero-order valence-corrected chi connectivity index (χ0v) is 45.7. The number of aromatic nitrogens is 5. The molecule has 0 spiro atoms. The van der Waals surface area contributed by atoms with Crippen molar-refractivity contribution in [1.29, 1.82) is 0 Å². The first-order valence-electron chi connectivity index (χ1n) is 24.7. The van der Waals surface area contributed by atoms with Crippen molar-refractivity contribution in [3.05, 3.63) is 151 Å². The Hall–Kier alpha value is -7.89. The van der Waals surface area contributed by atoms with E-state index in [9.17, 15) is 19.2 Å². The molecule has 10 rings (SSSR count). The third kappa shape index (κ3) is 9.67. The van der Waals surface area contributed by atoms with Crippen molar-refractivity contribution >= 4 is 91.5 Å². The monoisotopic (exact) mass is 1130 g/mol. The van der Waals surface area contributed by atoms with E-state index in [2.05, 4.69) is 18.5 Å². The normalized spacial score (nSPS) is 13.3. The van der Waals surface area contributed by atoms with E-state index < -0.39 is 5.91 Å². The van der Waals surface area contributed by atoms with Crippen LogP contribution in [0.3, 0.4) is 0 Å². The average Bonchev–Trinajstić information content (AvgIpc) is 4.09. The Morgan fingerprint density at radius 3 is 2.05 bits per heavy atom. The molecule has 1 fully saturated rings. The predicted octanol–water partition coefficient (Wildman–Crippen LogP) is 12.6. The standard InChI is InChI=1S/C58H49Cl4N7O9/c1-7-47(70)65-38-16-14-30(20-35(38)55-64-28-33-22-37(50-51(59)43(74-4)25-44(75-5)52(50)60)58(73)69(56(33)66-55)34-12-10-11-13-34)29-78-46-26-45(76-6)53(61)49(54(46)62)36-21-32-27-63-39(24-40(32)67(9-3)57(36)72)31-15-17-42-41(23-31)68(18-19-77-42)48(71)8-2/h7-8,14-17,20-28,34H,1-2,9-13,18-19,29H2,3-6H3,(H,65,70). The number of carbonyl (C=O) groups is 2. The highest BCUT2D eigenvalue weighted by Gasteiger charge is 2.29. The number of pyridine rings is 3. The number of anilines is 2. The molecule has 8 aromatic rings. The summed E-state index contributed by atoms with van der Waals surface area (Å²) >= 11 is 28.0. The van der Waals surface area contributed by atoms with Crippen LogP contribution in [0.2, 0.25) is 20.1 Å². The first kappa shape index (κ1) is 53.5. The summed E-state index contributed by atoms with van der Waals surface area (Å²) in [4.78, 5) is 71.3. The van der Waals surface area contributed by atoms with Crippen LogP contribution in [0.25, 0.3) is 66.8 Å². The van der Waals surface area contributed by atoms with Gasteiger partial charge in [-0.2, -0.15) is 0 Å². The van der Waals surface area contributed by atoms with Crippen LogP contribution in [0.1, 0.15) is 44.2 Å². The number of nitrogens with zero attached hydrogens (tertiary/aromatic N) is 6. The smallest absolute Gasteiger partial charge is 0.260 e. The van der Waals surface area contributed by atoms with Gasteiger partial charge < -0.3 is 38.5 Å². The number of ether oxygens (including phenoxy) is 5. The molecular formula is C58H49Cl4N7O9. The maximum atomic E-state index is 14.8. The summed E-state index contributed by atoms with van der Waals surface area (Å²) in [6.07, 6.45) is 8.97. The molecule has 20 heteroatoms. The fraction of sp³-hybridized carbons (Fsp3) is 0.224. The highest BCUT2D eigenvalue weighted by Crippen LogP contribution is 2.48. The highest BCUT2D eigenvalue weighted by atomic mass is 35.5. The van der Waals surface area contributed by atoms with Gasteiger partial charge in [-0.25, -0.2) is 9.97 Å². The number of rotatable bonds is 15. The number of amides is 2. The third-order valence-electron chi connectivity index (χ3n) is 13.9. The number of fused-ring (bicyclic) bond motifs is 3. The molecule has 1 aliphatic heterocycles.